The first-order chi connectivity index (χ1) is 13.6. The van der Waals surface area contributed by atoms with Crippen molar-refractivity contribution in [1.29, 1.82) is 0 Å². The summed E-state index contributed by atoms with van der Waals surface area (Å²) in [5, 5.41) is 3.58. The summed E-state index contributed by atoms with van der Waals surface area (Å²) in [7, 11) is 0. The van der Waals surface area contributed by atoms with Gasteiger partial charge in [0.05, 0.1) is 0 Å². The van der Waals surface area contributed by atoms with Crippen LogP contribution in [0.1, 0.15) is 35.4 Å². The molecule has 144 valence electrons. The molecule has 1 saturated heterocycles. The molecule has 1 amide bonds. The summed E-state index contributed by atoms with van der Waals surface area (Å²) < 4.78 is 5.78. The van der Waals surface area contributed by atoms with E-state index in [0.29, 0.717) is 10.8 Å². The van der Waals surface area contributed by atoms with Crippen LogP contribution in [-0.2, 0) is 0 Å². The molecule has 28 heavy (non-hydrogen) atoms. The lowest BCUT2D eigenvalue weighted by Gasteiger charge is -2.28. The number of furan rings is 1. The van der Waals surface area contributed by atoms with Crippen LogP contribution in [0.5, 0.6) is 0 Å². The lowest BCUT2D eigenvalue weighted by atomic mass is 10.1. The van der Waals surface area contributed by atoms with E-state index in [1.165, 1.54) is 24.9 Å². The fraction of sp³-hybridized carbons (Fsp3) is 0.261. The molecule has 3 aromatic rings. The zero-order valence-electron chi connectivity index (χ0n) is 15.9. The van der Waals surface area contributed by atoms with Crippen LogP contribution in [0.3, 0.4) is 0 Å². The molecule has 1 aliphatic rings. The summed E-state index contributed by atoms with van der Waals surface area (Å²) in [4.78, 5) is 14.9. The van der Waals surface area contributed by atoms with Crippen molar-refractivity contribution in [3.8, 4) is 11.3 Å². The number of amides is 1. The second-order valence-corrected chi connectivity index (χ2v) is 7.53. The van der Waals surface area contributed by atoms with Gasteiger partial charge in [-0.15, -0.1) is 0 Å². The largest absolute Gasteiger partial charge is 0.451 e. The normalized spacial score (nSPS) is 14.1. The first kappa shape index (κ1) is 18.6. The Bertz CT molecular complexity index is 973. The molecular formula is C23H23ClN2O2. The fourth-order valence-corrected chi connectivity index (χ4v) is 3.75. The van der Waals surface area contributed by atoms with E-state index in [1.54, 1.807) is 12.1 Å². The number of benzene rings is 2. The third-order valence-electron chi connectivity index (χ3n) is 5.21. The highest BCUT2D eigenvalue weighted by Crippen LogP contribution is 2.30. The zero-order valence-corrected chi connectivity index (χ0v) is 16.6. The molecule has 0 radical (unpaired) electrons. The van der Waals surface area contributed by atoms with Gasteiger partial charge in [-0.1, -0.05) is 23.7 Å². The van der Waals surface area contributed by atoms with Crippen LogP contribution in [0, 0.1) is 6.92 Å². The standard InChI is InChI=1S/C23H23ClN2O2/c1-16-19(6-5-7-20(16)24)21-12-13-22(28-21)23(27)25-17-8-10-18(11-9-17)26-14-3-2-4-15-26/h5-13H,2-4,14-15H2,1H3,(H,25,27). The van der Waals surface area contributed by atoms with Gasteiger partial charge in [-0.2, -0.15) is 0 Å². The maximum Gasteiger partial charge on any atom is 0.291 e. The Morgan fingerprint density at radius 3 is 2.50 bits per heavy atom. The maximum atomic E-state index is 12.6. The van der Waals surface area contributed by atoms with Gasteiger partial charge < -0.3 is 14.6 Å². The number of hydrogen-bond acceptors (Lipinski definition) is 3. The van der Waals surface area contributed by atoms with Crippen molar-refractivity contribution >= 4 is 28.9 Å². The molecule has 0 bridgehead atoms. The second-order valence-electron chi connectivity index (χ2n) is 7.12. The van der Waals surface area contributed by atoms with Crippen LogP contribution in [0.25, 0.3) is 11.3 Å². The van der Waals surface area contributed by atoms with Crippen LogP contribution in [-0.4, -0.2) is 19.0 Å². The Morgan fingerprint density at radius 2 is 1.75 bits per heavy atom. The number of piperidine rings is 1. The van der Waals surface area contributed by atoms with E-state index in [9.17, 15) is 4.79 Å². The Hall–Kier alpha value is -2.72. The Balaban J connectivity index is 1.45. The summed E-state index contributed by atoms with van der Waals surface area (Å²) in [6.07, 6.45) is 3.79. The number of carbonyl (C=O) groups is 1. The minimum absolute atomic E-state index is 0.267. The Labute approximate surface area is 170 Å². The average molecular weight is 395 g/mol. The van der Waals surface area contributed by atoms with Crippen LogP contribution in [0.15, 0.2) is 59.0 Å². The molecule has 2 heterocycles. The van der Waals surface area contributed by atoms with Gasteiger partial charge in [-0.25, -0.2) is 0 Å². The van der Waals surface area contributed by atoms with Crippen molar-refractivity contribution in [2.75, 3.05) is 23.3 Å². The minimum atomic E-state index is -0.267. The third kappa shape index (κ3) is 3.92. The van der Waals surface area contributed by atoms with Gasteiger partial charge in [0.2, 0.25) is 0 Å². The van der Waals surface area contributed by atoms with Crippen molar-refractivity contribution in [2.45, 2.75) is 26.2 Å². The predicted octanol–water partition coefficient (Wildman–Crippen LogP) is 6.15. The molecule has 4 nitrogen and oxygen atoms in total. The fourth-order valence-electron chi connectivity index (χ4n) is 3.58. The summed E-state index contributed by atoms with van der Waals surface area (Å²) in [6, 6.07) is 17.1. The van der Waals surface area contributed by atoms with Gasteiger partial charge in [-0.3, -0.25) is 4.79 Å². The molecule has 0 aliphatic carbocycles. The molecule has 5 heteroatoms. The lowest BCUT2D eigenvalue weighted by molar-refractivity contribution is 0.0997. The molecule has 0 atom stereocenters. The van der Waals surface area contributed by atoms with Gasteiger partial charge in [0.15, 0.2) is 5.76 Å². The van der Waals surface area contributed by atoms with Gasteiger partial charge in [0.25, 0.3) is 5.91 Å². The first-order valence-electron chi connectivity index (χ1n) is 9.63. The highest BCUT2D eigenvalue weighted by atomic mass is 35.5. The van der Waals surface area contributed by atoms with Crippen molar-refractivity contribution in [3.63, 3.8) is 0 Å². The van der Waals surface area contributed by atoms with Crippen LogP contribution >= 0.6 is 11.6 Å². The van der Waals surface area contributed by atoms with E-state index in [-0.39, 0.29) is 11.7 Å². The summed E-state index contributed by atoms with van der Waals surface area (Å²) in [6.45, 7) is 4.14. The number of carbonyl (C=O) groups excluding carboxylic acids is 1. The summed E-state index contributed by atoms with van der Waals surface area (Å²) in [5.41, 5.74) is 3.77. The molecule has 1 fully saturated rings. The Morgan fingerprint density at radius 1 is 1.00 bits per heavy atom. The Kier molecular flexibility index (Phi) is 5.40. The highest BCUT2D eigenvalue weighted by Gasteiger charge is 2.15. The monoisotopic (exact) mass is 394 g/mol. The van der Waals surface area contributed by atoms with Crippen molar-refractivity contribution in [2.24, 2.45) is 0 Å². The quantitative estimate of drug-likeness (QED) is 0.577. The first-order valence-corrected chi connectivity index (χ1v) is 10.0. The maximum absolute atomic E-state index is 12.6. The molecule has 0 unspecified atom stereocenters. The number of halogens is 1. The van der Waals surface area contributed by atoms with E-state index in [1.807, 2.05) is 37.3 Å². The summed E-state index contributed by atoms with van der Waals surface area (Å²) >= 11 is 6.18. The topological polar surface area (TPSA) is 45.5 Å². The van der Waals surface area contributed by atoms with Crippen molar-refractivity contribution in [3.05, 3.63) is 70.9 Å². The summed E-state index contributed by atoms with van der Waals surface area (Å²) in [5.74, 6) is 0.636. The average Bonchev–Trinajstić information content (AvgIpc) is 3.21. The number of nitrogens with zero attached hydrogens (tertiary/aromatic N) is 1. The van der Waals surface area contributed by atoms with E-state index >= 15 is 0 Å². The number of anilines is 2. The van der Waals surface area contributed by atoms with Gasteiger partial charge in [0, 0.05) is 35.1 Å². The van der Waals surface area contributed by atoms with Crippen LogP contribution in [0.4, 0.5) is 11.4 Å². The van der Waals surface area contributed by atoms with Crippen LogP contribution in [0.2, 0.25) is 5.02 Å². The lowest BCUT2D eigenvalue weighted by Crippen LogP contribution is -2.29. The smallest absolute Gasteiger partial charge is 0.291 e. The van der Waals surface area contributed by atoms with E-state index in [0.717, 1.165) is 29.9 Å². The number of hydrogen-bond donors (Lipinski definition) is 1. The van der Waals surface area contributed by atoms with Gasteiger partial charge in [0.1, 0.15) is 5.76 Å². The molecular weight excluding hydrogens is 372 g/mol. The number of nitrogens with one attached hydrogen (secondary N) is 1. The zero-order chi connectivity index (χ0) is 19.5. The molecule has 2 aromatic carbocycles. The predicted molar refractivity (Wildman–Crippen MR) is 114 cm³/mol. The van der Waals surface area contributed by atoms with Crippen molar-refractivity contribution in [1.82, 2.24) is 0 Å². The van der Waals surface area contributed by atoms with Crippen LogP contribution < -0.4 is 10.2 Å². The molecule has 1 aliphatic heterocycles. The van der Waals surface area contributed by atoms with E-state index in [4.69, 9.17) is 16.0 Å². The minimum Gasteiger partial charge on any atom is -0.451 e. The van der Waals surface area contributed by atoms with Crippen molar-refractivity contribution < 1.29 is 9.21 Å². The van der Waals surface area contributed by atoms with E-state index in [2.05, 4.69) is 22.3 Å². The number of rotatable bonds is 4. The van der Waals surface area contributed by atoms with Gasteiger partial charge >= 0.3 is 0 Å². The molecule has 1 N–H and O–H groups in total. The second kappa shape index (κ2) is 8.11. The SMILES string of the molecule is Cc1c(Cl)cccc1-c1ccc(C(=O)Nc2ccc(N3CCCCC3)cc2)o1. The molecule has 1 aromatic heterocycles. The highest BCUT2D eigenvalue weighted by molar-refractivity contribution is 6.31. The third-order valence-corrected chi connectivity index (χ3v) is 5.62. The van der Waals surface area contributed by atoms with E-state index < -0.39 is 0 Å². The van der Waals surface area contributed by atoms with Gasteiger partial charge in [-0.05, 0) is 74.2 Å². The molecule has 4 rings (SSSR count). The molecule has 0 spiro atoms. The molecule has 0 saturated carbocycles.